The van der Waals surface area contributed by atoms with Crippen LogP contribution in [0.15, 0.2) is 30.2 Å². The van der Waals surface area contributed by atoms with Crippen LogP contribution in [0.1, 0.15) is 11.1 Å². The lowest BCUT2D eigenvalue weighted by Crippen LogP contribution is -2.25. The molecule has 1 aromatic carbocycles. The van der Waals surface area contributed by atoms with Crippen LogP contribution >= 0.6 is 11.6 Å². The van der Waals surface area contributed by atoms with Gasteiger partial charge in [0, 0.05) is 12.0 Å². The topological polar surface area (TPSA) is 18.5 Å². The van der Waals surface area contributed by atoms with Gasteiger partial charge >= 0.3 is 0 Å². The van der Waals surface area contributed by atoms with E-state index in [1.807, 2.05) is 30.3 Å². The summed E-state index contributed by atoms with van der Waals surface area (Å²) < 4.78 is 11.1. The Labute approximate surface area is 109 Å². The van der Waals surface area contributed by atoms with Gasteiger partial charge in [-0.3, -0.25) is 0 Å². The summed E-state index contributed by atoms with van der Waals surface area (Å²) in [6.45, 7) is 6.36. The summed E-state index contributed by atoms with van der Waals surface area (Å²) >= 11 is 5.89. The molecule has 0 radical (unpaired) electrons. The molecule has 0 atom stereocenters. The first kappa shape index (κ1) is 14.1. The molecule has 0 N–H and O–H groups in total. The van der Waals surface area contributed by atoms with Gasteiger partial charge in [0.1, 0.15) is 0 Å². The Morgan fingerprint density at radius 3 is 2.47 bits per heavy atom. The van der Waals surface area contributed by atoms with E-state index in [0.29, 0.717) is 11.8 Å². The van der Waals surface area contributed by atoms with E-state index in [9.17, 15) is 0 Å². The molecule has 0 amide bonds. The van der Waals surface area contributed by atoms with E-state index in [4.69, 9.17) is 20.8 Å². The Morgan fingerprint density at radius 2 is 1.94 bits per heavy atom. The van der Waals surface area contributed by atoms with Gasteiger partial charge in [-0.25, -0.2) is 0 Å². The van der Waals surface area contributed by atoms with Gasteiger partial charge in [0.05, 0.1) is 7.11 Å². The second kappa shape index (κ2) is 6.12. The Bertz CT molecular complexity index is 397. The van der Waals surface area contributed by atoms with Crippen molar-refractivity contribution in [2.24, 2.45) is 0 Å². The zero-order chi connectivity index (χ0) is 12.9. The number of benzene rings is 1. The number of alkyl halides is 1. The predicted molar refractivity (Wildman–Crippen MR) is 75.4 cm³/mol. The van der Waals surface area contributed by atoms with E-state index in [1.165, 1.54) is 0 Å². The molecule has 0 heterocycles. The van der Waals surface area contributed by atoms with Crippen molar-refractivity contribution in [3.05, 3.63) is 41.3 Å². The lowest BCUT2D eigenvalue weighted by Gasteiger charge is -2.20. The first-order chi connectivity index (χ1) is 7.96. The van der Waals surface area contributed by atoms with Gasteiger partial charge in [0.25, 0.3) is 5.95 Å². The van der Waals surface area contributed by atoms with Crippen LogP contribution in [0, 0.1) is 0 Å². The van der Waals surface area contributed by atoms with Gasteiger partial charge in [0.15, 0.2) is 0 Å². The number of halogens is 1. The standard InChI is InChI=1S/C13H19ClO2Si/c1-15-13(16-17(2,3)4)9-11-7-5-6-8-12(11)10-14/h5-9H,10H2,1-4H3. The van der Waals surface area contributed by atoms with Crippen molar-refractivity contribution in [1.29, 1.82) is 0 Å². The third-order valence-electron chi connectivity index (χ3n) is 2.08. The highest BCUT2D eigenvalue weighted by atomic mass is 35.5. The molecule has 0 aromatic heterocycles. The quantitative estimate of drug-likeness (QED) is 0.453. The highest BCUT2D eigenvalue weighted by Gasteiger charge is 2.18. The van der Waals surface area contributed by atoms with E-state index in [2.05, 4.69) is 19.6 Å². The van der Waals surface area contributed by atoms with Gasteiger partial charge in [-0.2, -0.15) is 0 Å². The molecular formula is C13H19ClO2Si. The minimum atomic E-state index is -1.65. The zero-order valence-electron chi connectivity index (χ0n) is 10.8. The first-order valence-corrected chi connectivity index (χ1v) is 9.49. The number of rotatable bonds is 5. The molecule has 0 fully saturated rings. The van der Waals surface area contributed by atoms with E-state index in [-0.39, 0.29) is 0 Å². The zero-order valence-corrected chi connectivity index (χ0v) is 12.5. The number of hydrogen-bond donors (Lipinski definition) is 0. The third kappa shape index (κ3) is 4.83. The smallest absolute Gasteiger partial charge is 0.265 e. The molecule has 0 bridgehead atoms. The largest absolute Gasteiger partial charge is 0.520 e. The summed E-state index contributed by atoms with van der Waals surface area (Å²) in [5, 5.41) is 0. The molecule has 0 spiro atoms. The van der Waals surface area contributed by atoms with Crippen LogP contribution in [-0.4, -0.2) is 15.4 Å². The van der Waals surface area contributed by atoms with Crippen molar-refractivity contribution in [2.45, 2.75) is 25.5 Å². The summed E-state index contributed by atoms with van der Waals surface area (Å²) in [4.78, 5) is 0. The van der Waals surface area contributed by atoms with Crippen molar-refractivity contribution >= 4 is 26.0 Å². The molecule has 0 aliphatic carbocycles. The summed E-state index contributed by atoms with van der Waals surface area (Å²) in [5.74, 6) is 1.04. The van der Waals surface area contributed by atoms with Crippen LogP contribution in [-0.2, 0) is 15.0 Å². The molecule has 4 heteroatoms. The van der Waals surface area contributed by atoms with Crippen molar-refractivity contribution in [3.63, 3.8) is 0 Å². The van der Waals surface area contributed by atoms with Gasteiger partial charge in [-0.15, -0.1) is 11.6 Å². The normalized spacial score (nSPS) is 12.4. The molecule has 0 unspecified atom stereocenters. The van der Waals surface area contributed by atoms with Gasteiger partial charge in [-0.05, 0) is 30.8 Å². The Morgan fingerprint density at radius 1 is 1.29 bits per heavy atom. The minimum Gasteiger partial charge on any atom is -0.520 e. The third-order valence-corrected chi connectivity index (χ3v) is 3.18. The second-order valence-electron chi connectivity index (χ2n) is 4.71. The Hall–Kier alpha value is -0.933. The van der Waals surface area contributed by atoms with Crippen molar-refractivity contribution in [2.75, 3.05) is 7.11 Å². The van der Waals surface area contributed by atoms with Gasteiger partial charge in [0.2, 0.25) is 8.32 Å². The molecule has 1 rings (SSSR count). The summed E-state index contributed by atoms with van der Waals surface area (Å²) in [7, 11) is -0.0287. The molecule has 0 aliphatic heterocycles. The number of methoxy groups -OCH3 is 1. The van der Waals surface area contributed by atoms with Crippen LogP contribution in [0.3, 0.4) is 0 Å². The summed E-state index contributed by atoms with van der Waals surface area (Å²) in [6, 6.07) is 7.95. The van der Waals surface area contributed by atoms with Gasteiger partial charge < -0.3 is 9.16 Å². The predicted octanol–water partition coefficient (Wildman–Crippen LogP) is 4.22. The SMILES string of the molecule is COC(=Cc1ccccc1CCl)O[Si](C)(C)C. The first-order valence-electron chi connectivity index (χ1n) is 5.55. The summed E-state index contributed by atoms with van der Waals surface area (Å²) in [5.41, 5.74) is 2.11. The lowest BCUT2D eigenvalue weighted by atomic mass is 10.1. The molecule has 1 aromatic rings. The molecule has 2 nitrogen and oxygen atoms in total. The maximum absolute atomic E-state index is 5.89. The molecule has 17 heavy (non-hydrogen) atoms. The molecular weight excluding hydrogens is 252 g/mol. The monoisotopic (exact) mass is 270 g/mol. The van der Waals surface area contributed by atoms with Crippen LogP contribution in [0.4, 0.5) is 0 Å². The average molecular weight is 271 g/mol. The van der Waals surface area contributed by atoms with E-state index in [0.717, 1.165) is 11.1 Å². The van der Waals surface area contributed by atoms with Crippen molar-refractivity contribution < 1.29 is 9.16 Å². The highest BCUT2D eigenvalue weighted by molar-refractivity contribution is 6.70. The fraction of sp³-hybridized carbons (Fsp3) is 0.385. The highest BCUT2D eigenvalue weighted by Crippen LogP contribution is 2.18. The van der Waals surface area contributed by atoms with Crippen LogP contribution in [0.5, 0.6) is 0 Å². The van der Waals surface area contributed by atoms with Gasteiger partial charge in [-0.1, -0.05) is 24.3 Å². The van der Waals surface area contributed by atoms with Crippen LogP contribution in [0.25, 0.3) is 6.08 Å². The van der Waals surface area contributed by atoms with E-state index in [1.54, 1.807) is 7.11 Å². The average Bonchev–Trinajstić information content (AvgIpc) is 2.27. The minimum absolute atomic E-state index is 0.483. The number of ether oxygens (including phenoxy) is 1. The Kier molecular flexibility index (Phi) is 5.09. The maximum atomic E-state index is 5.89. The molecule has 0 aliphatic rings. The van der Waals surface area contributed by atoms with Crippen LogP contribution < -0.4 is 0 Å². The Balaban J connectivity index is 2.98. The maximum Gasteiger partial charge on any atom is 0.265 e. The van der Waals surface area contributed by atoms with E-state index < -0.39 is 8.32 Å². The second-order valence-corrected chi connectivity index (χ2v) is 9.41. The molecule has 0 saturated carbocycles. The molecule has 0 saturated heterocycles. The number of hydrogen-bond acceptors (Lipinski definition) is 2. The van der Waals surface area contributed by atoms with Crippen molar-refractivity contribution in [3.8, 4) is 0 Å². The van der Waals surface area contributed by atoms with E-state index >= 15 is 0 Å². The fourth-order valence-corrected chi connectivity index (χ4v) is 2.34. The summed E-state index contributed by atoms with van der Waals surface area (Å²) in [6.07, 6.45) is 1.90. The lowest BCUT2D eigenvalue weighted by molar-refractivity contribution is 0.152. The van der Waals surface area contributed by atoms with Crippen molar-refractivity contribution in [1.82, 2.24) is 0 Å². The van der Waals surface area contributed by atoms with Crippen LogP contribution in [0.2, 0.25) is 19.6 Å². The fourth-order valence-electron chi connectivity index (χ4n) is 1.36. The molecule has 94 valence electrons.